The molecule has 1 unspecified atom stereocenters. The van der Waals surface area contributed by atoms with Crippen LogP contribution in [0.3, 0.4) is 0 Å². The van der Waals surface area contributed by atoms with Crippen LogP contribution in [0.5, 0.6) is 0 Å². The number of hydrogen-bond acceptors (Lipinski definition) is 2. The van der Waals surface area contributed by atoms with E-state index in [9.17, 15) is 4.79 Å². The second-order valence-electron chi connectivity index (χ2n) is 5.00. The zero-order valence-electron chi connectivity index (χ0n) is 9.87. The molecule has 82 valence electrons. The fraction of sp³-hybridized carbons (Fsp3) is 0.462. The lowest BCUT2D eigenvalue weighted by molar-refractivity contribution is -0.127. The topological polar surface area (TPSA) is 43.1 Å². The van der Waals surface area contributed by atoms with Crippen LogP contribution < -0.4 is 5.73 Å². The van der Waals surface area contributed by atoms with Crippen LogP contribution in [0.25, 0.3) is 0 Å². The van der Waals surface area contributed by atoms with Crippen molar-refractivity contribution in [2.24, 2.45) is 11.1 Å². The zero-order valence-corrected chi connectivity index (χ0v) is 9.87. The molecule has 0 fully saturated rings. The fourth-order valence-corrected chi connectivity index (χ4v) is 1.39. The molecule has 2 N–H and O–H groups in total. The summed E-state index contributed by atoms with van der Waals surface area (Å²) in [5, 5.41) is 0. The van der Waals surface area contributed by atoms with Gasteiger partial charge < -0.3 is 5.73 Å². The van der Waals surface area contributed by atoms with Gasteiger partial charge in [0.05, 0.1) is 6.04 Å². The van der Waals surface area contributed by atoms with E-state index in [1.54, 1.807) is 0 Å². The Labute approximate surface area is 91.5 Å². The molecule has 1 aromatic rings. The molecule has 0 spiro atoms. The van der Waals surface area contributed by atoms with Crippen molar-refractivity contribution in [3.63, 3.8) is 0 Å². The van der Waals surface area contributed by atoms with Crippen molar-refractivity contribution >= 4 is 5.78 Å². The highest BCUT2D eigenvalue weighted by Gasteiger charge is 2.27. The van der Waals surface area contributed by atoms with Crippen LogP contribution in [0, 0.1) is 12.3 Å². The SMILES string of the molecule is Cc1ccc(C(N)C(=O)C(C)(C)C)cc1. The van der Waals surface area contributed by atoms with Gasteiger partial charge in [0.15, 0.2) is 5.78 Å². The minimum Gasteiger partial charge on any atom is -0.318 e. The Morgan fingerprint density at radius 1 is 1.20 bits per heavy atom. The average molecular weight is 205 g/mol. The van der Waals surface area contributed by atoms with Gasteiger partial charge in [0.1, 0.15) is 0 Å². The second-order valence-corrected chi connectivity index (χ2v) is 5.00. The van der Waals surface area contributed by atoms with Crippen LogP contribution in [-0.2, 0) is 4.79 Å². The molecule has 0 aliphatic carbocycles. The molecule has 0 aromatic heterocycles. The third-order valence-electron chi connectivity index (χ3n) is 2.46. The van der Waals surface area contributed by atoms with Crippen molar-refractivity contribution < 1.29 is 4.79 Å². The standard InChI is InChI=1S/C13H19NO/c1-9-5-7-10(8-6-9)11(14)12(15)13(2,3)4/h5-8,11H,14H2,1-4H3. The van der Waals surface area contributed by atoms with E-state index in [-0.39, 0.29) is 11.2 Å². The largest absolute Gasteiger partial charge is 0.318 e. The lowest BCUT2D eigenvalue weighted by atomic mass is 9.84. The van der Waals surface area contributed by atoms with Crippen LogP contribution in [0.4, 0.5) is 0 Å². The molecule has 0 radical (unpaired) electrons. The second kappa shape index (κ2) is 4.15. The predicted octanol–water partition coefficient (Wildman–Crippen LogP) is 2.61. The van der Waals surface area contributed by atoms with E-state index in [2.05, 4.69) is 0 Å². The van der Waals surface area contributed by atoms with Gasteiger partial charge in [0, 0.05) is 5.41 Å². The summed E-state index contributed by atoms with van der Waals surface area (Å²) in [6.45, 7) is 7.69. The highest BCUT2D eigenvalue weighted by atomic mass is 16.1. The molecule has 1 atom stereocenters. The van der Waals surface area contributed by atoms with E-state index in [0.29, 0.717) is 0 Å². The Hall–Kier alpha value is -1.15. The number of hydrogen-bond donors (Lipinski definition) is 1. The third kappa shape index (κ3) is 2.90. The molecule has 2 nitrogen and oxygen atoms in total. The molecule has 0 bridgehead atoms. The van der Waals surface area contributed by atoms with E-state index in [1.165, 1.54) is 5.56 Å². The summed E-state index contributed by atoms with van der Waals surface area (Å²) < 4.78 is 0. The van der Waals surface area contributed by atoms with Crippen LogP contribution in [0.15, 0.2) is 24.3 Å². The molecule has 0 aliphatic heterocycles. The highest BCUT2D eigenvalue weighted by Crippen LogP contribution is 2.23. The fourth-order valence-electron chi connectivity index (χ4n) is 1.39. The molecule has 0 saturated carbocycles. The number of Topliss-reactive ketones (excluding diaryl/α,β-unsaturated/α-hetero) is 1. The minimum atomic E-state index is -0.509. The summed E-state index contributed by atoms with van der Waals surface area (Å²) in [4.78, 5) is 11.9. The van der Waals surface area contributed by atoms with Gasteiger partial charge in [0.25, 0.3) is 0 Å². The first kappa shape index (κ1) is 11.9. The van der Waals surface area contributed by atoms with Gasteiger partial charge in [-0.05, 0) is 12.5 Å². The Morgan fingerprint density at radius 3 is 2.07 bits per heavy atom. The molecule has 2 heteroatoms. The molecular formula is C13H19NO. The predicted molar refractivity (Wildman–Crippen MR) is 62.6 cm³/mol. The molecule has 1 aromatic carbocycles. The van der Waals surface area contributed by atoms with Crippen molar-refractivity contribution in [3.8, 4) is 0 Å². The summed E-state index contributed by atoms with van der Waals surface area (Å²) in [5.74, 6) is 0.0753. The smallest absolute Gasteiger partial charge is 0.159 e. The van der Waals surface area contributed by atoms with E-state index >= 15 is 0 Å². The first-order valence-electron chi connectivity index (χ1n) is 5.19. The van der Waals surface area contributed by atoms with Crippen molar-refractivity contribution in [2.45, 2.75) is 33.7 Å². The number of carbonyl (C=O) groups excluding carboxylic acids is 1. The number of aryl methyl sites for hydroxylation is 1. The monoisotopic (exact) mass is 205 g/mol. The normalized spacial score (nSPS) is 13.7. The third-order valence-corrected chi connectivity index (χ3v) is 2.46. The van der Waals surface area contributed by atoms with Gasteiger partial charge in [-0.2, -0.15) is 0 Å². The number of rotatable bonds is 2. The van der Waals surface area contributed by atoms with Crippen molar-refractivity contribution in [1.29, 1.82) is 0 Å². The van der Waals surface area contributed by atoms with Gasteiger partial charge >= 0.3 is 0 Å². The van der Waals surface area contributed by atoms with Gasteiger partial charge in [-0.25, -0.2) is 0 Å². The van der Waals surface area contributed by atoms with Crippen molar-refractivity contribution in [3.05, 3.63) is 35.4 Å². The number of ketones is 1. The van der Waals surface area contributed by atoms with Gasteiger partial charge in [-0.15, -0.1) is 0 Å². The van der Waals surface area contributed by atoms with Gasteiger partial charge in [-0.3, -0.25) is 4.79 Å². The molecule has 0 heterocycles. The molecule has 15 heavy (non-hydrogen) atoms. The maximum atomic E-state index is 11.9. The van der Waals surface area contributed by atoms with Crippen LogP contribution in [0.1, 0.15) is 37.9 Å². The Bertz CT molecular complexity index is 346. The summed E-state index contributed by atoms with van der Waals surface area (Å²) in [6.07, 6.45) is 0. The Balaban J connectivity index is 2.90. The van der Waals surface area contributed by atoms with E-state index < -0.39 is 6.04 Å². The molecular weight excluding hydrogens is 186 g/mol. The van der Waals surface area contributed by atoms with Gasteiger partial charge in [-0.1, -0.05) is 50.6 Å². The first-order chi connectivity index (χ1) is 6.82. The number of carbonyl (C=O) groups is 1. The number of nitrogens with two attached hydrogens (primary N) is 1. The summed E-state index contributed by atoms with van der Waals surface area (Å²) in [7, 11) is 0. The maximum absolute atomic E-state index is 11.9. The molecule has 0 saturated heterocycles. The average Bonchev–Trinajstić information content (AvgIpc) is 2.15. The zero-order chi connectivity index (χ0) is 11.6. The summed E-state index contributed by atoms with van der Waals surface area (Å²) in [6, 6.07) is 7.29. The van der Waals surface area contributed by atoms with Crippen molar-refractivity contribution in [2.75, 3.05) is 0 Å². The molecule has 1 rings (SSSR count). The summed E-state index contributed by atoms with van der Waals surface area (Å²) in [5.41, 5.74) is 7.61. The molecule has 0 aliphatic rings. The van der Waals surface area contributed by atoms with Crippen LogP contribution >= 0.6 is 0 Å². The lowest BCUT2D eigenvalue weighted by Gasteiger charge is -2.21. The quantitative estimate of drug-likeness (QED) is 0.806. The lowest BCUT2D eigenvalue weighted by Crippen LogP contribution is -2.32. The van der Waals surface area contributed by atoms with Crippen LogP contribution in [-0.4, -0.2) is 5.78 Å². The Kier molecular flexibility index (Phi) is 3.30. The minimum absolute atomic E-state index is 0.0753. The molecule has 0 amide bonds. The van der Waals surface area contributed by atoms with Crippen LogP contribution in [0.2, 0.25) is 0 Å². The Morgan fingerprint density at radius 2 is 1.67 bits per heavy atom. The van der Waals surface area contributed by atoms with E-state index in [0.717, 1.165) is 5.56 Å². The first-order valence-corrected chi connectivity index (χ1v) is 5.19. The maximum Gasteiger partial charge on any atom is 0.159 e. The van der Waals surface area contributed by atoms with E-state index in [4.69, 9.17) is 5.73 Å². The number of benzene rings is 1. The highest BCUT2D eigenvalue weighted by molar-refractivity contribution is 5.89. The van der Waals surface area contributed by atoms with Crippen molar-refractivity contribution in [1.82, 2.24) is 0 Å². The van der Waals surface area contributed by atoms with Gasteiger partial charge in [0.2, 0.25) is 0 Å². The van der Waals surface area contributed by atoms with E-state index in [1.807, 2.05) is 52.0 Å². The summed E-state index contributed by atoms with van der Waals surface area (Å²) >= 11 is 0.